The van der Waals surface area contributed by atoms with Crippen molar-refractivity contribution in [2.24, 2.45) is 5.92 Å². The Hall–Kier alpha value is -4.59. The highest BCUT2D eigenvalue weighted by Gasteiger charge is 2.26. The van der Waals surface area contributed by atoms with Gasteiger partial charge >= 0.3 is 0 Å². The summed E-state index contributed by atoms with van der Waals surface area (Å²) in [6.45, 7) is 5.50. The number of carbonyl (C=O) groups is 2. The van der Waals surface area contributed by atoms with E-state index in [9.17, 15) is 28.2 Å². The van der Waals surface area contributed by atoms with E-state index in [4.69, 9.17) is 0 Å². The number of sulfonamides is 1. The van der Waals surface area contributed by atoms with Gasteiger partial charge in [-0.3, -0.25) is 13.9 Å². The van der Waals surface area contributed by atoms with Crippen LogP contribution in [0.1, 0.15) is 70.5 Å². The first-order valence-corrected chi connectivity index (χ1v) is 17.1. The van der Waals surface area contributed by atoms with Crippen molar-refractivity contribution in [1.29, 1.82) is 0 Å². The smallest absolute Gasteiger partial charge is 0.251 e. The molecule has 1 unspecified atom stereocenters. The maximum Gasteiger partial charge on any atom is 0.251 e. The predicted molar refractivity (Wildman–Crippen MR) is 179 cm³/mol. The molecule has 4 atom stereocenters. The van der Waals surface area contributed by atoms with Crippen LogP contribution < -0.4 is 14.9 Å². The van der Waals surface area contributed by atoms with E-state index in [0.717, 1.165) is 21.7 Å². The summed E-state index contributed by atoms with van der Waals surface area (Å²) in [5.74, 6) is -1.19. The topological polar surface area (TPSA) is 167 Å². The zero-order chi connectivity index (χ0) is 34.3. The molecule has 0 bridgehead atoms. The molecular formula is C34H42N6O6S. The zero-order valence-corrected chi connectivity index (χ0v) is 27.9. The van der Waals surface area contributed by atoms with Gasteiger partial charge in [-0.05, 0) is 48.6 Å². The molecule has 0 saturated heterocycles. The average Bonchev–Trinajstić information content (AvgIpc) is 3.52. The van der Waals surface area contributed by atoms with Crippen LogP contribution in [0.3, 0.4) is 0 Å². The van der Waals surface area contributed by atoms with Crippen LogP contribution >= 0.6 is 0 Å². The third-order valence-corrected chi connectivity index (χ3v) is 9.10. The molecule has 1 aromatic heterocycles. The number of aliphatic hydroxyl groups excluding tert-OH is 2. The number of aliphatic hydroxyl groups is 2. The number of anilines is 1. The fourth-order valence-electron chi connectivity index (χ4n) is 4.95. The first-order valence-electron chi connectivity index (χ1n) is 15.3. The fraction of sp³-hybridized carbons (Fsp3) is 0.353. The highest BCUT2D eigenvalue weighted by Crippen LogP contribution is 2.23. The van der Waals surface area contributed by atoms with Crippen molar-refractivity contribution in [3.05, 3.63) is 113 Å². The average molecular weight is 663 g/mol. The molecule has 13 heteroatoms. The number of aromatic nitrogens is 3. The molecule has 2 amide bonds. The van der Waals surface area contributed by atoms with Crippen LogP contribution in [0.5, 0.6) is 0 Å². The van der Waals surface area contributed by atoms with Gasteiger partial charge in [0.15, 0.2) is 0 Å². The van der Waals surface area contributed by atoms with Crippen LogP contribution in [0.25, 0.3) is 0 Å². The molecule has 0 aliphatic rings. The SMILES string of the molecule is CC(C)C(O)c1cn(C[C@H](O)[C@H](Cc2ccccc2)NC(=O)c2cc(C(=O)N[C@H](C)c3ccccc3)cc(N(C)S(C)(=O)=O)c2)nn1. The van der Waals surface area contributed by atoms with Crippen LogP contribution in [0.15, 0.2) is 85.1 Å². The van der Waals surface area contributed by atoms with E-state index >= 15 is 0 Å². The number of hydrogen-bond acceptors (Lipinski definition) is 8. The van der Waals surface area contributed by atoms with Crippen LogP contribution in [0.2, 0.25) is 0 Å². The molecule has 1 heterocycles. The van der Waals surface area contributed by atoms with Crippen molar-refractivity contribution < 1.29 is 28.2 Å². The van der Waals surface area contributed by atoms with Gasteiger partial charge in [-0.2, -0.15) is 0 Å². The highest BCUT2D eigenvalue weighted by atomic mass is 32.2. The van der Waals surface area contributed by atoms with Gasteiger partial charge in [0.2, 0.25) is 10.0 Å². The third kappa shape index (κ3) is 9.47. The molecule has 0 aliphatic carbocycles. The summed E-state index contributed by atoms with van der Waals surface area (Å²) >= 11 is 0. The molecule has 0 saturated carbocycles. The molecule has 0 aliphatic heterocycles. The maximum atomic E-state index is 13.8. The van der Waals surface area contributed by atoms with Crippen molar-refractivity contribution in [2.45, 2.75) is 58.0 Å². The van der Waals surface area contributed by atoms with Crippen LogP contribution in [-0.4, -0.2) is 70.9 Å². The lowest BCUT2D eigenvalue weighted by molar-refractivity contribution is 0.0778. The third-order valence-electron chi connectivity index (χ3n) is 7.89. The van der Waals surface area contributed by atoms with Crippen molar-refractivity contribution in [2.75, 3.05) is 17.6 Å². The second-order valence-corrected chi connectivity index (χ2v) is 14.0. The van der Waals surface area contributed by atoms with Gasteiger partial charge in [-0.15, -0.1) is 5.10 Å². The summed E-state index contributed by atoms with van der Waals surface area (Å²) in [7, 11) is -2.39. The minimum atomic E-state index is -3.73. The predicted octanol–water partition coefficient (Wildman–Crippen LogP) is 3.26. The molecule has 4 N–H and O–H groups in total. The molecular weight excluding hydrogens is 620 g/mol. The van der Waals surface area contributed by atoms with Gasteiger partial charge in [-0.1, -0.05) is 79.7 Å². The molecule has 0 fully saturated rings. The minimum Gasteiger partial charge on any atom is -0.389 e. The Bertz CT molecular complexity index is 1760. The lowest BCUT2D eigenvalue weighted by atomic mass is 10.00. The van der Waals surface area contributed by atoms with Gasteiger partial charge in [0.05, 0.1) is 42.9 Å². The van der Waals surface area contributed by atoms with Crippen molar-refractivity contribution >= 4 is 27.5 Å². The number of hydrogen-bond donors (Lipinski definition) is 4. The van der Waals surface area contributed by atoms with E-state index in [-0.39, 0.29) is 41.7 Å². The van der Waals surface area contributed by atoms with E-state index in [2.05, 4.69) is 20.9 Å². The summed E-state index contributed by atoms with van der Waals surface area (Å²) in [5.41, 5.74) is 2.34. The lowest BCUT2D eigenvalue weighted by Gasteiger charge is -2.25. The monoisotopic (exact) mass is 662 g/mol. The Labute approximate surface area is 275 Å². The standard InChI is InChI=1S/C34H42N6O6S/c1-22(2)32(42)30-20-40(38-37-30)21-31(41)29(16-24-12-8-6-9-13-24)36-34(44)27-17-26(18-28(19-27)39(4)47(5,45)46)33(43)35-23(3)25-14-10-7-11-15-25/h6-15,17-20,22-23,29,31-32,41-42H,16,21H2,1-5H3,(H,35,43)(H,36,44)/t23-,29+,31+,32?/m1/s1. The molecule has 0 spiro atoms. The first kappa shape index (κ1) is 35.3. The van der Waals surface area contributed by atoms with Crippen LogP contribution in [0.4, 0.5) is 5.69 Å². The lowest BCUT2D eigenvalue weighted by Crippen LogP contribution is -2.46. The Kier molecular flexibility index (Phi) is 11.5. The largest absolute Gasteiger partial charge is 0.389 e. The number of nitrogens with one attached hydrogen (secondary N) is 2. The molecule has 47 heavy (non-hydrogen) atoms. The molecule has 4 aromatic rings. The second kappa shape index (κ2) is 15.3. The van der Waals surface area contributed by atoms with Crippen LogP contribution in [-0.2, 0) is 23.0 Å². The molecule has 12 nitrogen and oxygen atoms in total. The number of rotatable bonds is 14. The van der Waals surface area contributed by atoms with E-state index < -0.39 is 40.1 Å². The zero-order valence-electron chi connectivity index (χ0n) is 27.1. The normalized spacial score (nSPS) is 14.2. The molecule has 250 valence electrons. The van der Waals surface area contributed by atoms with Crippen molar-refractivity contribution in [3.63, 3.8) is 0 Å². The van der Waals surface area contributed by atoms with E-state index in [1.807, 2.05) is 81.4 Å². The molecule has 4 rings (SSSR count). The second-order valence-electron chi connectivity index (χ2n) is 12.0. The van der Waals surface area contributed by atoms with Gasteiger partial charge < -0.3 is 20.8 Å². The van der Waals surface area contributed by atoms with E-state index in [1.165, 1.54) is 29.9 Å². The first-order chi connectivity index (χ1) is 22.2. The Balaban J connectivity index is 1.63. The summed E-state index contributed by atoms with van der Waals surface area (Å²) < 4.78 is 27.3. The Morgan fingerprint density at radius 2 is 1.47 bits per heavy atom. The summed E-state index contributed by atoms with van der Waals surface area (Å²) in [5, 5.41) is 35.6. The van der Waals surface area contributed by atoms with Crippen molar-refractivity contribution in [3.8, 4) is 0 Å². The van der Waals surface area contributed by atoms with Gasteiger partial charge in [-0.25, -0.2) is 13.1 Å². The molecule has 0 radical (unpaired) electrons. The van der Waals surface area contributed by atoms with Gasteiger partial charge in [0.25, 0.3) is 11.8 Å². The number of carbonyl (C=O) groups excluding carboxylic acids is 2. The van der Waals surface area contributed by atoms with Crippen LogP contribution in [0, 0.1) is 5.92 Å². The van der Waals surface area contributed by atoms with Gasteiger partial charge in [0, 0.05) is 18.2 Å². The molecule has 3 aromatic carbocycles. The summed E-state index contributed by atoms with van der Waals surface area (Å²) in [6.07, 6.45) is 0.885. The highest BCUT2D eigenvalue weighted by molar-refractivity contribution is 7.92. The van der Waals surface area contributed by atoms with Gasteiger partial charge in [0.1, 0.15) is 11.8 Å². The quantitative estimate of drug-likeness (QED) is 0.160. The fourth-order valence-corrected chi connectivity index (χ4v) is 5.44. The number of benzene rings is 3. The maximum absolute atomic E-state index is 13.8. The minimum absolute atomic E-state index is 0.0303. The number of nitrogens with zero attached hydrogens (tertiary/aromatic N) is 4. The Morgan fingerprint density at radius 1 is 0.894 bits per heavy atom. The number of amides is 2. The van der Waals surface area contributed by atoms with E-state index in [0.29, 0.717) is 5.69 Å². The summed E-state index contributed by atoms with van der Waals surface area (Å²) in [4.78, 5) is 27.2. The van der Waals surface area contributed by atoms with E-state index in [1.54, 1.807) is 6.20 Å². The summed E-state index contributed by atoms with van der Waals surface area (Å²) in [6, 6.07) is 21.7. The van der Waals surface area contributed by atoms with Crippen molar-refractivity contribution in [1.82, 2.24) is 25.6 Å². The Morgan fingerprint density at radius 3 is 2.04 bits per heavy atom.